The first-order valence-corrected chi connectivity index (χ1v) is 9.55. The van der Waals surface area contributed by atoms with Gasteiger partial charge >= 0.3 is 5.97 Å². The molecule has 0 saturated carbocycles. The normalized spacial score (nSPS) is 21.6. The Labute approximate surface area is 159 Å². The van der Waals surface area contributed by atoms with E-state index in [1.165, 1.54) is 4.90 Å². The number of anilines is 1. The average Bonchev–Trinajstić information content (AvgIpc) is 2.97. The third kappa shape index (κ3) is 4.13. The first-order chi connectivity index (χ1) is 13.0. The number of ether oxygens (including phenoxy) is 2. The summed E-state index contributed by atoms with van der Waals surface area (Å²) in [6, 6.07) is 6.54. The molecule has 146 valence electrons. The molecule has 7 nitrogen and oxygen atoms in total. The van der Waals surface area contributed by atoms with Crippen molar-refractivity contribution in [2.45, 2.75) is 39.2 Å². The molecule has 2 aliphatic rings. The number of amides is 2. The van der Waals surface area contributed by atoms with Crippen LogP contribution in [0.2, 0.25) is 0 Å². The smallest absolute Gasteiger partial charge is 0.309 e. The van der Waals surface area contributed by atoms with E-state index in [9.17, 15) is 14.4 Å². The van der Waals surface area contributed by atoms with E-state index in [2.05, 4.69) is 0 Å². The Balaban J connectivity index is 1.63. The molecule has 2 amide bonds. The van der Waals surface area contributed by atoms with Crippen molar-refractivity contribution < 1.29 is 23.9 Å². The maximum atomic E-state index is 12.9. The molecule has 2 aliphatic heterocycles. The number of imide groups is 1. The van der Waals surface area contributed by atoms with Crippen LogP contribution in [0.1, 0.15) is 33.1 Å². The first kappa shape index (κ1) is 19.4. The summed E-state index contributed by atoms with van der Waals surface area (Å²) in [4.78, 5) is 40.5. The number of benzene rings is 1. The lowest BCUT2D eigenvalue weighted by Gasteiger charge is -2.33. The minimum Gasteiger partial charge on any atom is -0.494 e. The number of piperidine rings is 1. The third-order valence-corrected chi connectivity index (χ3v) is 5.12. The van der Waals surface area contributed by atoms with Gasteiger partial charge in [0.05, 0.1) is 37.3 Å². The van der Waals surface area contributed by atoms with E-state index in [-0.39, 0.29) is 30.1 Å². The van der Waals surface area contributed by atoms with Crippen molar-refractivity contribution in [1.82, 2.24) is 4.90 Å². The van der Waals surface area contributed by atoms with E-state index in [1.54, 1.807) is 31.2 Å². The third-order valence-electron chi connectivity index (χ3n) is 5.12. The van der Waals surface area contributed by atoms with Gasteiger partial charge in [0.15, 0.2) is 0 Å². The number of likely N-dealkylation sites (tertiary alicyclic amines) is 1. The van der Waals surface area contributed by atoms with Crippen molar-refractivity contribution >= 4 is 23.5 Å². The Morgan fingerprint density at radius 3 is 2.33 bits per heavy atom. The van der Waals surface area contributed by atoms with Gasteiger partial charge in [-0.15, -0.1) is 0 Å². The van der Waals surface area contributed by atoms with Gasteiger partial charge in [-0.3, -0.25) is 19.3 Å². The summed E-state index contributed by atoms with van der Waals surface area (Å²) in [6.07, 6.45) is 1.48. The molecular formula is C20H26N2O5. The number of hydrogen-bond donors (Lipinski definition) is 0. The van der Waals surface area contributed by atoms with Crippen molar-refractivity contribution in [3.8, 4) is 5.75 Å². The predicted molar refractivity (Wildman–Crippen MR) is 99.4 cm³/mol. The molecular weight excluding hydrogens is 348 g/mol. The fraction of sp³-hybridized carbons (Fsp3) is 0.550. The van der Waals surface area contributed by atoms with Crippen molar-refractivity contribution in [2.75, 3.05) is 31.2 Å². The molecule has 27 heavy (non-hydrogen) atoms. The zero-order chi connectivity index (χ0) is 19.4. The van der Waals surface area contributed by atoms with E-state index < -0.39 is 6.04 Å². The number of esters is 1. The summed E-state index contributed by atoms with van der Waals surface area (Å²) < 4.78 is 10.5. The lowest BCUT2D eigenvalue weighted by Crippen LogP contribution is -2.47. The van der Waals surface area contributed by atoms with Crippen LogP contribution in [-0.4, -0.2) is 55.0 Å². The van der Waals surface area contributed by atoms with E-state index >= 15 is 0 Å². The molecule has 1 aromatic rings. The fourth-order valence-corrected chi connectivity index (χ4v) is 3.74. The highest BCUT2D eigenvalue weighted by Gasteiger charge is 2.44. The monoisotopic (exact) mass is 374 g/mol. The molecule has 0 aliphatic carbocycles. The highest BCUT2D eigenvalue weighted by atomic mass is 16.5. The van der Waals surface area contributed by atoms with Crippen LogP contribution in [-0.2, 0) is 19.1 Å². The highest BCUT2D eigenvalue weighted by molar-refractivity contribution is 6.22. The van der Waals surface area contributed by atoms with Crippen LogP contribution in [0.3, 0.4) is 0 Å². The van der Waals surface area contributed by atoms with Gasteiger partial charge in [-0.1, -0.05) is 0 Å². The quantitative estimate of drug-likeness (QED) is 0.560. The highest BCUT2D eigenvalue weighted by Crippen LogP contribution is 2.30. The van der Waals surface area contributed by atoms with Crippen molar-refractivity contribution in [3.05, 3.63) is 24.3 Å². The van der Waals surface area contributed by atoms with Crippen LogP contribution in [0.5, 0.6) is 5.75 Å². The van der Waals surface area contributed by atoms with E-state index in [4.69, 9.17) is 9.47 Å². The minimum atomic E-state index is -0.452. The standard InChI is InChI=1S/C20H26N2O5/c1-3-26-16-7-5-15(6-8-16)22-18(23)13-17(19(22)24)21-11-9-14(10-12-21)20(25)27-4-2/h5-8,14,17H,3-4,9-13H2,1-2H3/t17-/m1/s1. The molecule has 0 unspecified atom stereocenters. The molecule has 0 aromatic heterocycles. The van der Waals surface area contributed by atoms with Crippen molar-refractivity contribution in [3.63, 3.8) is 0 Å². The molecule has 0 N–H and O–H groups in total. The molecule has 7 heteroatoms. The van der Waals surface area contributed by atoms with Crippen molar-refractivity contribution in [1.29, 1.82) is 0 Å². The molecule has 2 heterocycles. The van der Waals surface area contributed by atoms with Crippen LogP contribution in [0.4, 0.5) is 5.69 Å². The molecule has 2 fully saturated rings. The van der Waals surface area contributed by atoms with Gasteiger partial charge in [-0.05, 0) is 64.0 Å². The maximum absolute atomic E-state index is 12.9. The fourth-order valence-electron chi connectivity index (χ4n) is 3.74. The second-order valence-electron chi connectivity index (χ2n) is 6.78. The summed E-state index contributed by atoms with van der Waals surface area (Å²) in [5.41, 5.74) is 0.567. The second kappa shape index (κ2) is 8.52. The number of rotatable bonds is 6. The minimum absolute atomic E-state index is 0.115. The lowest BCUT2D eigenvalue weighted by atomic mass is 9.95. The van der Waals surface area contributed by atoms with Gasteiger partial charge in [0.25, 0.3) is 5.91 Å². The maximum Gasteiger partial charge on any atom is 0.309 e. The zero-order valence-corrected chi connectivity index (χ0v) is 15.8. The second-order valence-corrected chi connectivity index (χ2v) is 6.78. The molecule has 1 atom stereocenters. The van der Waals surface area contributed by atoms with Crippen LogP contribution in [0.15, 0.2) is 24.3 Å². The van der Waals surface area contributed by atoms with Gasteiger partial charge in [0.2, 0.25) is 5.91 Å². The summed E-state index contributed by atoms with van der Waals surface area (Å²) in [5, 5.41) is 0. The molecule has 0 bridgehead atoms. The van der Waals surface area contributed by atoms with Gasteiger partial charge in [-0.25, -0.2) is 4.90 Å². The lowest BCUT2D eigenvalue weighted by molar-refractivity contribution is -0.149. The van der Waals surface area contributed by atoms with Gasteiger partial charge < -0.3 is 9.47 Å². The average molecular weight is 374 g/mol. The van der Waals surface area contributed by atoms with E-state index in [0.29, 0.717) is 50.6 Å². The van der Waals surface area contributed by atoms with Gasteiger partial charge in [-0.2, -0.15) is 0 Å². The molecule has 1 aromatic carbocycles. The van der Waals surface area contributed by atoms with Gasteiger partial charge in [0, 0.05) is 0 Å². The largest absolute Gasteiger partial charge is 0.494 e. The van der Waals surface area contributed by atoms with Crippen LogP contribution >= 0.6 is 0 Å². The first-order valence-electron chi connectivity index (χ1n) is 9.55. The Morgan fingerprint density at radius 1 is 1.07 bits per heavy atom. The summed E-state index contributed by atoms with van der Waals surface area (Å²) in [5.74, 6) is 0.0379. The molecule has 3 rings (SSSR count). The molecule has 2 saturated heterocycles. The van der Waals surface area contributed by atoms with E-state index in [0.717, 1.165) is 0 Å². The summed E-state index contributed by atoms with van der Waals surface area (Å²) >= 11 is 0. The predicted octanol–water partition coefficient (Wildman–Crippen LogP) is 1.99. The van der Waals surface area contributed by atoms with Gasteiger partial charge in [0.1, 0.15) is 5.75 Å². The Bertz CT molecular complexity index is 695. The molecule has 0 radical (unpaired) electrons. The van der Waals surface area contributed by atoms with E-state index in [1.807, 2.05) is 11.8 Å². The Kier molecular flexibility index (Phi) is 6.11. The Hall–Kier alpha value is -2.41. The van der Waals surface area contributed by atoms with Crippen molar-refractivity contribution in [2.24, 2.45) is 5.92 Å². The van der Waals surface area contributed by atoms with Crippen LogP contribution in [0, 0.1) is 5.92 Å². The zero-order valence-electron chi connectivity index (χ0n) is 15.8. The topological polar surface area (TPSA) is 76.2 Å². The number of hydrogen-bond acceptors (Lipinski definition) is 6. The SMILES string of the molecule is CCOC(=O)C1CCN([C@@H]2CC(=O)N(c3ccc(OCC)cc3)C2=O)CC1. The number of nitrogens with zero attached hydrogens (tertiary/aromatic N) is 2. The molecule has 0 spiro atoms. The van der Waals surface area contributed by atoms with Crippen LogP contribution in [0.25, 0.3) is 0 Å². The Morgan fingerprint density at radius 2 is 1.74 bits per heavy atom. The summed E-state index contributed by atoms with van der Waals surface area (Å²) in [6.45, 7) is 5.87. The summed E-state index contributed by atoms with van der Waals surface area (Å²) in [7, 11) is 0. The number of carbonyl (C=O) groups is 3. The van der Waals surface area contributed by atoms with Crippen LogP contribution < -0.4 is 9.64 Å². The number of carbonyl (C=O) groups excluding carboxylic acids is 3.